The maximum Gasteiger partial charge on any atom is 0.417 e. The van der Waals surface area contributed by atoms with Crippen molar-refractivity contribution in [2.75, 3.05) is 18.5 Å². The van der Waals surface area contributed by atoms with Gasteiger partial charge in [0.25, 0.3) is 0 Å². The topological polar surface area (TPSA) is 76.1 Å². The molecule has 0 bridgehead atoms. The van der Waals surface area contributed by atoms with Crippen LogP contribution >= 0.6 is 0 Å². The fourth-order valence-electron chi connectivity index (χ4n) is 4.36. The molecule has 0 saturated carbocycles. The Balaban J connectivity index is 1.54. The van der Waals surface area contributed by atoms with Gasteiger partial charge in [-0.15, -0.1) is 0 Å². The molecule has 0 aliphatic carbocycles. The van der Waals surface area contributed by atoms with Crippen molar-refractivity contribution in [1.29, 1.82) is 0 Å². The molecule has 202 valence electrons. The maximum atomic E-state index is 14.7. The third-order valence-electron chi connectivity index (χ3n) is 6.42. The molecule has 1 aliphatic heterocycles. The number of rotatable bonds is 8. The first kappa shape index (κ1) is 27.6. The number of anilines is 1. The summed E-state index contributed by atoms with van der Waals surface area (Å²) in [4.78, 5) is 20.7. The van der Waals surface area contributed by atoms with Gasteiger partial charge in [-0.1, -0.05) is 12.1 Å². The number of amides is 1. The van der Waals surface area contributed by atoms with E-state index in [1.54, 1.807) is 0 Å². The summed E-state index contributed by atoms with van der Waals surface area (Å²) in [7, 11) is 0. The number of ether oxygens (including phenoxy) is 1. The zero-order valence-electron chi connectivity index (χ0n) is 20.6. The van der Waals surface area contributed by atoms with Crippen LogP contribution in [0.15, 0.2) is 55.1 Å². The number of benzene rings is 1. The number of alkyl halides is 3. The number of carbonyl (C=O) groups excluding carboxylic acids is 1. The van der Waals surface area contributed by atoms with Gasteiger partial charge in [-0.05, 0) is 49.1 Å². The molecule has 4 rings (SSSR count). The molecule has 0 spiro atoms. The normalized spacial score (nSPS) is 18.7. The Bertz CT molecular complexity index is 1240. The van der Waals surface area contributed by atoms with E-state index in [-0.39, 0.29) is 41.8 Å². The minimum absolute atomic E-state index is 0.112. The quantitative estimate of drug-likeness (QED) is 0.387. The molecule has 3 aromatic rings. The van der Waals surface area contributed by atoms with Crippen molar-refractivity contribution < 1.29 is 31.5 Å². The minimum Gasteiger partial charge on any atom is -0.375 e. The van der Waals surface area contributed by atoms with Gasteiger partial charge in [0.2, 0.25) is 5.91 Å². The summed E-state index contributed by atoms with van der Waals surface area (Å²) in [6.07, 6.45) is 0.0845. The van der Waals surface area contributed by atoms with Crippen LogP contribution in [0.5, 0.6) is 0 Å². The Morgan fingerprint density at radius 2 is 1.84 bits per heavy atom. The first-order valence-electron chi connectivity index (χ1n) is 12.1. The van der Waals surface area contributed by atoms with Crippen LogP contribution in [0.3, 0.4) is 0 Å². The van der Waals surface area contributed by atoms with Gasteiger partial charge in [0.1, 0.15) is 11.6 Å². The number of carbonyl (C=O) groups is 1. The fraction of sp³-hybridized carbons (Fsp3) is 0.370. The van der Waals surface area contributed by atoms with Crippen LogP contribution in [-0.2, 0) is 22.1 Å². The van der Waals surface area contributed by atoms with Gasteiger partial charge >= 0.3 is 6.18 Å². The van der Waals surface area contributed by atoms with E-state index in [1.807, 2.05) is 6.92 Å². The number of aromatic nitrogens is 2. The van der Waals surface area contributed by atoms with Gasteiger partial charge in [0.15, 0.2) is 0 Å². The Hall–Kier alpha value is -3.44. The highest BCUT2D eigenvalue weighted by molar-refractivity contribution is 5.92. The van der Waals surface area contributed by atoms with Gasteiger partial charge in [0.05, 0.1) is 36.4 Å². The van der Waals surface area contributed by atoms with Crippen molar-refractivity contribution in [3.8, 4) is 0 Å². The molecule has 0 radical (unpaired) electrons. The summed E-state index contributed by atoms with van der Waals surface area (Å²) in [6.45, 7) is 3.17. The lowest BCUT2D eigenvalue weighted by molar-refractivity contribution is -0.137. The van der Waals surface area contributed by atoms with Gasteiger partial charge in [-0.3, -0.25) is 14.8 Å². The summed E-state index contributed by atoms with van der Waals surface area (Å²) in [5, 5.41) is 5.96. The van der Waals surface area contributed by atoms with Crippen LogP contribution in [-0.4, -0.2) is 41.2 Å². The zero-order chi connectivity index (χ0) is 27.3. The van der Waals surface area contributed by atoms with Crippen LogP contribution in [0.1, 0.15) is 47.9 Å². The van der Waals surface area contributed by atoms with Crippen molar-refractivity contribution in [2.24, 2.45) is 0 Å². The van der Waals surface area contributed by atoms with Crippen molar-refractivity contribution in [3.05, 3.63) is 89.0 Å². The van der Waals surface area contributed by atoms with Crippen LogP contribution < -0.4 is 10.6 Å². The van der Waals surface area contributed by atoms with E-state index in [9.17, 15) is 26.7 Å². The summed E-state index contributed by atoms with van der Waals surface area (Å²) in [5.41, 5.74) is 0.0292. The number of nitrogens with one attached hydrogen (secondary N) is 2. The number of hydrogen-bond acceptors (Lipinski definition) is 5. The van der Waals surface area contributed by atoms with E-state index in [1.165, 1.54) is 36.7 Å². The van der Waals surface area contributed by atoms with E-state index in [4.69, 9.17) is 4.74 Å². The largest absolute Gasteiger partial charge is 0.417 e. The molecular formula is C27H27F5N4O2. The minimum atomic E-state index is -4.63. The lowest BCUT2D eigenvalue weighted by Gasteiger charge is -2.28. The predicted octanol–water partition coefficient (Wildman–Crippen LogP) is 5.24. The third kappa shape index (κ3) is 7.11. The van der Waals surface area contributed by atoms with Gasteiger partial charge in [-0.25, -0.2) is 8.78 Å². The number of pyridine rings is 2. The van der Waals surface area contributed by atoms with Crippen LogP contribution in [0, 0.1) is 11.6 Å². The molecule has 11 heteroatoms. The second-order valence-electron chi connectivity index (χ2n) is 9.31. The lowest BCUT2D eigenvalue weighted by Crippen LogP contribution is -2.44. The lowest BCUT2D eigenvalue weighted by atomic mass is 9.88. The molecule has 1 amide bonds. The number of halogens is 5. The zero-order valence-corrected chi connectivity index (χ0v) is 20.6. The summed E-state index contributed by atoms with van der Waals surface area (Å²) >= 11 is 0. The first-order chi connectivity index (χ1) is 18.1. The monoisotopic (exact) mass is 534 g/mol. The molecule has 1 aromatic carbocycles. The molecular weight excluding hydrogens is 507 g/mol. The van der Waals surface area contributed by atoms with Crippen LogP contribution in [0.2, 0.25) is 0 Å². The number of hydrogen-bond donors (Lipinski definition) is 2. The maximum absolute atomic E-state index is 14.7. The average Bonchev–Trinajstić information content (AvgIpc) is 2.88. The molecule has 1 saturated heterocycles. The van der Waals surface area contributed by atoms with Gasteiger partial charge in [-0.2, -0.15) is 13.2 Å². The Morgan fingerprint density at radius 1 is 1.11 bits per heavy atom. The second kappa shape index (κ2) is 12.0. The van der Waals surface area contributed by atoms with E-state index < -0.39 is 35.2 Å². The van der Waals surface area contributed by atoms with Crippen LogP contribution in [0.4, 0.5) is 27.6 Å². The molecule has 3 heterocycles. The molecule has 3 atom stereocenters. The van der Waals surface area contributed by atoms with E-state index >= 15 is 0 Å². The highest BCUT2D eigenvalue weighted by Gasteiger charge is 2.32. The highest BCUT2D eigenvalue weighted by Crippen LogP contribution is 2.34. The smallest absolute Gasteiger partial charge is 0.375 e. The molecule has 2 aromatic heterocycles. The summed E-state index contributed by atoms with van der Waals surface area (Å²) < 4.78 is 73.9. The molecule has 1 fully saturated rings. The Kier molecular flexibility index (Phi) is 8.68. The van der Waals surface area contributed by atoms with Crippen LogP contribution in [0.25, 0.3) is 0 Å². The van der Waals surface area contributed by atoms with Crippen molar-refractivity contribution in [3.63, 3.8) is 0 Å². The predicted molar refractivity (Wildman–Crippen MR) is 130 cm³/mol. The highest BCUT2D eigenvalue weighted by atomic mass is 19.4. The summed E-state index contributed by atoms with van der Waals surface area (Å²) in [6, 6.07) is 6.30. The van der Waals surface area contributed by atoms with Gasteiger partial charge in [0, 0.05) is 42.9 Å². The van der Waals surface area contributed by atoms with Crippen molar-refractivity contribution in [2.45, 2.75) is 50.4 Å². The molecule has 6 nitrogen and oxygen atoms in total. The molecule has 1 aliphatic rings. The van der Waals surface area contributed by atoms with E-state index in [2.05, 4.69) is 20.6 Å². The molecule has 2 N–H and O–H groups in total. The SMILES string of the molecule is C[C@H]1CO[C@H](CCc2c(F)cncc2NC(=O)C[C@@H](c2ccc(F)cc2)c2cncc(C(F)(F)F)c2)CN1. The standard InChI is InChI=1S/C27H27F5N4O2/c1-16-15-38-21(12-35-16)6-7-22-24(29)13-34-14-25(22)36-26(37)9-23(17-2-4-20(28)5-3-17)18-8-19(11-33-10-18)27(30,31)32/h2-5,8,10-11,13-14,16,21,23,35H,6-7,9,12,15H2,1H3,(H,36,37)/t16-,21+,23-/m0/s1. The van der Waals surface area contributed by atoms with Crippen molar-refractivity contribution in [1.82, 2.24) is 15.3 Å². The Morgan fingerprint density at radius 3 is 2.53 bits per heavy atom. The second-order valence-corrected chi connectivity index (χ2v) is 9.31. The average molecular weight is 535 g/mol. The number of nitrogens with zero attached hydrogens (tertiary/aromatic N) is 2. The fourth-order valence-corrected chi connectivity index (χ4v) is 4.36. The Labute approximate surface area is 216 Å². The molecule has 38 heavy (non-hydrogen) atoms. The number of morpholine rings is 1. The third-order valence-corrected chi connectivity index (χ3v) is 6.42. The van der Waals surface area contributed by atoms with Crippen molar-refractivity contribution >= 4 is 11.6 Å². The van der Waals surface area contributed by atoms with E-state index in [0.29, 0.717) is 31.3 Å². The summed E-state index contributed by atoms with van der Waals surface area (Å²) in [5.74, 6) is -2.55. The van der Waals surface area contributed by atoms with Gasteiger partial charge < -0.3 is 15.4 Å². The first-order valence-corrected chi connectivity index (χ1v) is 12.1. The molecule has 0 unspecified atom stereocenters. The van der Waals surface area contributed by atoms with E-state index in [0.717, 1.165) is 12.3 Å².